The lowest BCUT2D eigenvalue weighted by Gasteiger charge is -2.26. The molecule has 1 aromatic rings. The highest BCUT2D eigenvalue weighted by Crippen LogP contribution is 2.18. The molecule has 1 atom stereocenters. The van der Waals surface area contributed by atoms with E-state index in [-0.39, 0.29) is 5.92 Å². The van der Waals surface area contributed by atoms with Crippen molar-refractivity contribution in [2.24, 2.45) is 11.7 Å². The predicted octanol–water partition coefficient (Wildman–Crippen LogP) is 1.57. The summed E-state index contributed by atoms with van der Waals surface area (Å²) >= 11 is 0. The zero-order valence-corrected chi connectivity index (χ0v) is 15.3. The van der Waals surface area contributed by atoms with Crippen molar-refractivity contribution in [1.29, 1.82) is 0 Å². The van der Waals surface area contributed by atoms with Gasteiger partial charge in [0.2, 0.25) is 0 Å². The Kier molecular flexibility index (Phi) is 8.01. The van der Waals surface area contributed by atoms with Crippen LogP contribution < -0.4 is 26.6 Å². The van der Waals surface area contributed by atoms with Gasteiger partial charge in [-0.05, 0) is 43.6 Å². The van der Waals surface area contributed by atoms with E-state index >= 15 is 0 Å². The average molecular weight is 363 g/mol. The summed E-state index contributed by atoms with van der Waals surface area (Å²) < 4.78 is 5.85. The van der Waals surface area contributed by atoms with Gasteiger partial charge in [-0.3, -0.25) is 4.90 Å². The molecule has 0 bridgehead atoms. The largest absolute Gasteiger partial charge is 0.493 e. The van der Waals surface area contributed by atoms with Gasteiger partial charge in [-0.15, -0.1) is 0 Å². The van der Waals surface area contributed by atoms with E-state index in [1.165, 1.54) is 37.9 Å². The fourth-order valence-electron chi connectivity index (χ4n) is 2.84. The lowest BCUT2D eigenvalue weighted by Crippen LogP contribution is -2.49. The SMILES string of the molecule is CC(CNC(=O)NNC(N)=O)COc1cccc(CN2CCCCC2)c1. The maximum Gasteiger partial charge on any atom is 0.333 e. The Hall–Kier alpha value is -2.48. The van der Waals surface area contributed by atoms with Crippen LogP contribution in [0.5, 0.6) is 5.75 Å². The number of primary amides is 1. The summed E-state index contributed by atoms with van der Waals surface area (Å²) in [5.41, 5.74) is 10.3. The van der Waals surface area contributed by atoms with Crippen LogP contribution in [-0.4, -0.2) is 43.2 Å². The van der Waals surface area contributed by atoms with Crippen LogP contribution in [-0.2, 0) is 6.54 Å². The Labute approximate surface area is 154 Å². The minimum atomic E-state index is -0.819. The van der Waals surface area contributed by atoms with Gasteiger partial charge in [0, 0.05) is 19.0 Å². The first-order valence-corrected chi connectivity index (χ1v) is 9.06. The molecular formula is C18H29N5O3. The molecule has 144 valence electrons. The Bertz CT molecular complexity index is 590. The molecule has 0 saturated carbocycles. The molecule has 1 fully saturated rings. The molecule has 1 heterocycles. The van der Waals surface area contributed by atoms with Gasteiger partial charge in [0.1, 0.15) is 5.75 Å². The fraction of sp³-hybridized carbons (Fsp3) is 0.556. The predicted molar refractivity (Wildman–Crippen MR) is 99.5 cm³/mol. The molecule has 26 heavy (non-hydrogen) atoms. The van der Waals surface area contributed by atoms with E-state index in [0.29, 0.717) is 13.2 Å². The van der Waals surface area contributed by atoms with Gasteiger partial charge in [0.15, 0.2) is 0 Å². The third kappa shape index (κ3) is 7.60. The van der Waals surface area contributed by atoms with Gasteiger partial charge in [0.05, 0.1) is 6.61 Å². The highest BCUT2D eigenvalue weighted by atomic mass is 16.5. The number of hydrazine groups is 1. The number of likely N-dealkylation sites (tertiary alicyclic amines) is 1. The molecule has 4 amide bonds. The fourth-order valence-corrected chi connectivity index (χ4v) is 2.84. The van der Waals surface area contributed by atoms with Crippen molar-refractivity contribution in [2.45, 2.75) is 32.7 Å². The van der Waals surface area contributed by atoms with E-state index in [0.717, 1.165) is 12.3 Å². The second-order valence-electron chi connectivity index (χ2n) is 6.72. The summed E-state index contributed by atoms with van der Waals surface area (Å²) in [6.45, 7) is 6.16. The molecule has 2 rings (SSSR count). The van der Waals surface area contributed by atoms with Gasteiger partial charge in [-0.2, -0.15) is 0 Å². The van der Waals surface area contributed by atoms with Gasteiger partial charge >= 0.3 is 12.1 Å². The molecule has 0 radical (unpaired) electrons. The first-order chi connectivity index (χ1) is 12.5. The summed E-state index contributed by atoms with van der Waals surface area (Å²) in [5, 5.41) is 2.63. The maximum absolute atomic E-state index is 11.4. The Balaban J connectivity index is 1.70. The highest BCUT2D eigenvalue weighted by Gasteiger charge is 2.11. The molecule has 1 saturated heterocycles. The van der Waals surface area contributed by atoms with E-state index in [1.807, 2.05) is 24.5 Å². The van der Waals surface area contributed by atoms with Crippen molar-refractivity contribution in [3.63, 3.8) is 0 Å². The van der Waals surface area contributed by atoms with Crippen LogP contribution in [0.15, 0.2) is 24.3 Å². The number of benzene rings is 1. The van der Waals surface area contributed by atoms with Crippen LogP contribution in [0.25, 0.3) is 0 Å². The summed E-state index contributed by atoms with van der Waals surface area (Å²) in [5.74, 6) is 0.950. The van der Waals surface area contributed by atoms with Crippen LogP contribution in [0.1, 0.15) is 31.7 Å². The van der Waals surface area contributed by atoms with Crippen LogP contribution in [0.4, 0.5) is 9.59 Å². The Morgan fingerprint density at radius 2 is 2.00 bits per heavy atom. The van der Waals surface area contributed by atoms with Gasteiger partial charge in [-0.25, -0.2) is 20.4 Å². The number of hydrogen-bond donors (Lipinski definition) is 4. The second kappa shape index (κ2) is 10.5. The topological polar surface area (TPSA) is 109 Å². The second-order valence-corrected chi connectivity index (χ2v) is 6.72. The van der Waals surface area contributed by atoms with Crippen LogP contribution in [0.2, 0.25) is 0 Å². The third-order valence-electron chi connectivity index (χ3n) is 4.20. The number of nitrogens with one attached hydrogen (secondary N) is 3. The number of rotatable bonds is 7. The molecule has 1 unspecified atom stereocenters. The normalized spacial score (nSPS) is 15.7. The van der Waals surface area contributed by atoms with E-state index in [1.54, 1.807) is 0 Å². The summed E-state index contributed by atoms with van der Waals surface area (Å²) in [4.78, 5) is 24.4. The number of hydrogen-bond acceptors (Lipinski definition) is 4. The monoisotopic (exact) mass is 363 g/mol. The van der Waals surface area contributed by atoms with Crippen LogP contribution in [0.3, 0.4) is 0 Å². The minimum Gasteiger partial charge on any atom is -0.493 e. The van der Waals surface area contributed by atoms with Crippen LogP contribution >= 0.6 is 0 Å². The molecule has 0 spiro atoms. The maximum atomic E-state index is 11.4. The summed E-state index contributed by atoms with van der Waals surface area (Å²) in [7, 11) is 0. The number of ether oxygens (including phenoxy) is 1. The van der Waals surface area contributed by atoms with Crippen LogP contribution in [0, 0.1) is 5.92 Å². The smallest absolute Gasteiger partial charge is 0.333 e. The highest BCUT2D eigenvalue weighted by molar-refractivity contribution is 5.78. The molecular weight excluding hydrogens is 334 g/mol. The Morgan fingerprint density at radius 3 is 2.73 bits per heavy atom. The molecule has 8 nitrogen and oxygen atoms in total. The van der Waals surface area contributed by atoms with Crippen molar-refractivity contribution in [3.8, 4) is 5.75 Å². The van der Waals surface area contributed by atoms with Crippen molar-refractivity contribution >= 4 is 12.1 Å². The average Bonchev–Trinajstić information content (AvgIpc) is 2.64. The zero-order valence-electron chi connectivity index (χ0n) is 15.3. The van der Waals surface area contributed by atoms with E-state index in [4.69, 9.17) is 10.5 Å². The lowest BCUT2D eigenvalue weighted by molar-refractivity contribution is 0.218. The molecule has 1 aromatic carbocycles. The first-order valence-electron chi connectivity index (χ1n) is 9.06. The molecule has 1 aliphatic rings. The van der Waals surface area contributed by atoms with E-state index in [2.05, 4.69) is 27.8 Å². The van der Waals surface area contributed by atoms with Crippen molar-refractivity contribution in [1.82, 2.24) is 21.1 Å². The quantitative estimate of drug-likeness (QED) is 0.551. The number of carbonyl (C=O) groups is 2. The number of piperidine rings is 1. The van der Waals surface area contributed by atoms with E-state index < -0.39 is 12.1 Å². The van der Waals surface area contributed by atoms with Gasteiger partial charge in [0.25, 0.3) is 0 Å². The number of amides is 4. The summed E-state index contributed by atoms with van der Waals surface area (Å²) in [6, 6.07) is 6.84. The number of carbonyl (C=O) groups excluding carboxylic acids is 2. The molecule has 5 N–H and O–H groups in total. The first kappa shape index (κ1) is 19.8. The number of nitrogens with two attached hydrogens (primary N) is 1. The molecule has 1 aliphatic heterocycles. The summed E-state index contributed by atoms with van der Waals surface area (Å²) in [6.07, 6.45) is 3.90. The lowest BCUT2D eigenvalue weighted by atomic mass is 10.1. The third-order valence-corrected chi connectivity index (χ3v) is 4.20. The molecule has 0 aliphatic carbocycles. The molecule has 0 aromatic heterocycles. The van der Waals surface area contributed by atoms with Crippen molar-refractivity contribution in [3.05, 3.63) is 29.8 Å². The zero-order chi connectivity index (χ0) is 18.8. The molecule has 8 heteroatoms. The van der Waals surface area contributed by atoms with Crippen molar-refractivity contribution < 1.29 is 14.3 Å². The van der Waals surface area contributed by atoms with Crippen molar-refractivity contribution in [2.75, 3.05) is 26.2 Å². The minimum absolute atomic E-state index is 0.111. The number of urea groups is 2. The Morgan fingerprint density at radius 1 is 1.23 bits per heavy atom. The van der Waals surface area contributed by atoms with E-state index in [9.17, 15) is 9.59 Å². The van der Waals surface area contributed by atoms with Gasteiger partial charge in [-0.1, -0.05) is 25.5 Å². The van der Waals surface area contributed by atoms with Gasteiger partial charge < -0.3 is 15.8 Å². The standard InChI is InChI=1S/C18H29N5O3/c1-14(11-20-18(25)22-21-17(19)24)13-26-16-7-5-6-15(10-16)12-23-8-3-2-4-9-23/h5-7,10,14H,2-4,8-9,11-13H2,1H3,(H3,19,21,24)(H2,20,22,25). The number of nitrogens with zero attached hydrogens (tertiary/aromatic N) is 1.